The summed E-state index contributed by atoms with van der Waals surface area (Å²) in [4.78, 5) is 4.68. The molecule has 0 bridgehead atoms. The molecule has 5 rings (SSSR count). The standard InChI is InChI=1S/C28H41NO2/c1-19-7-10-25(30)20(16-19)17-29-18-28(31)15-12-24-22-9-8-21-6-4-5-13-26(21,2)23(22)11-14-27(24,28)3/h7,10,16-17,21-24,30-31H,4-6,8-9,11-15,18H2,1-3H3/t21?,22-,23?,24?,26+,27+,28+/m1/s1. The second kappa shape index (κ2) is 7.61. The van der Waals surface area contributed by atoms with Crippen LogP contribution < -0.4 is 0 Å². The number of aliphatic imine (C=N–C) groups is 1. The van der Waals surface area contributed by atoms with E-state index in [4.69, 9.17) is 0 Å². The van der Waals surface area contributed by atoms with Gasteiger partial charge in [0.05, 0.1) is 12.1 Å². The molecular weight excluding hydrogens is 382 g/mol. The smallest absolute Gasteiger partial charge is 0.124 e. The van der Waals surface area contributed by atoms with Gasteiger partial charge in [0.1, 0.15) is 5.75 Å². The molecule has 0 spiro atoms. The fraction of sp³-hybridized carbons (Fsp3) is 0.750. The summed E-state index contributed by atoms with van der Waals surface area (Å²) in [7, 11) is 0. The van der Waals surface area contributed by atoms with Gasteiger partial charge < -0.3 is 10.2 Å². The zero-order valence-electron chi connectivity index (χ0n) is 19.7. The van der Waals surface area contributed by atoms with Crippen LogP contribution in [0.1, 0.15) is 89.2 Å². The van der Waals surface area contributed by atoms with Crippen molar-refractivity contribution in [3.63, 3.8) is 0 Å². The van der Waals surface area contributed by atoms with Gasteiger partial charge in [-0.3, -0.25) is 4.99 Å². The molecule has 1 aromatic carbocycles. The number of phenols is 1. The van der Waals surface area contributed by atoms with Crippen molar-refractivity contribution < 1.29 is 10.2 Å². The van der Waals surface area contributed by atoms with E-state index < -0.39 is 5.60 Å². The fourth-order valence-corrected chi connectivity index (χ4v) is 8.74. The molecule has 4 saturated carbocycles. The first-order valence-corrected chi connectivity index (χ1v) is 12.8. The van der Waals surface area contributed by atoms with Crippen LogP contribution in [0.25, 0.3) is 0 Å². The summed E-state index contributed by atoms with van der Waals surface area (Å²) in [6.07, 6.45) is 14.7. The Morgan fingerprint density at radius 2 is 1.81 bits per heavy atom. The highest BCUT2D eigenvalue weighted by Crippen LogP contribution is 2.68. The van der Waals surface area contributed by atoms with E-state index in [1.165, 1.54) is 44.9 Å². The number of aromatic hydroxyl groups is 1. The molecule has 31 heavy (non-hydrogen) atoms. The molecule has 3 nitrogen and oxygen atoms in total. The van der Waals surface area contributed by atoms with Gasteiger partial charge in [-0.15, -0.1) is 0 Å². The van der Waals surface area contributed by atoms with Gasteiger partial charge in [0.15, 0.2) is 0 Å². The molecule has 2 N–H and O–H groups in total. The lowest BCUT2D eigenvalue weighted by atomic mass is 9.44. The maximum atomic E-state index is 11.9. The molecule has 3 heteroatoms. The van der Waals surface area contributed by atoms with Gasteiger partial charge in [-0.05, 0) is 99.5 Å². The second-order valence-corrected chi connectivity index (χ2v) is 12.0. The van der Waals surface area contributed by atoms with Crippen LogP contribution in [0.15, 0.2) is 23.2 Å². The third-order valence-electron chi connectivity index (χ3n) is 10.7. The van der Waals surface area contributed by atoms with Crippen LogP contribution in [0, 0.1) is 41.4 Å². The summed E-state index contributed by atoms with van der Waals surface area (Å²) < 4.78 is 0. The number of benzene rings is 1. The number of phenolic OH excluding ortho intramolecular Hbond substituents is 1. The highest BCUT2D eigenvalue weighted by Gasteiger charge is 2.64. The zero-order valence-corrected chi connectivity index (χ0v) is 19.7. The molecule has 3 unspecified atom stereocenters. The number of hydrogen-bond donors (Lipinski definition) is 2. The van der Waals surface area contributed by atoms with Gasteiger partial charge in [0.25, 0.3) is 0 Å². The lowest BCUT2D eigenvalue weighted by Gasteiger charge is -2.61. The zero-order chi connectivity index (χ0) is 21.9. The number of aliphatic hydroxyl groups is 1. The Balaban J connectivity index is 1.35. The molecule has 4 aliphatic carbocycles. The average molecular weight is 424 g/mol. The normalized spacial score (nSPS) is 44.6. The number of aryl methyl sites for hydroxylation is 1. The van der Waals surface area contributed by atoms with Crippen molar-refractivity contribution in [1.29, 1.82) is 0 Å². The molecule has 4 aliphatic rings. The average Bonchev–Trinajstić information content (AvgIpc) is 3.01. The van der Waals surface area contributed by atoms with Crippen molar-refractivity contribution in [2.45, 2.75) is 90.6 Å². The first-order chi connectivity index (χ1) is 14.8. The van der Waals surface area contributed by atoms with Crippen LogP contribution in [0.4, 0.5) is 0 Å². The number of rotatable bonds is 3. The van der Waals surface area contributed by atoms with Crippen molar-refractivity contribution in [2.24, 2.45) is 39.5 Å². The van der Waals surface area contributed by atoms with Crippen LogP contribution in [0.3, 0.4) is 0 Å². The molecular formula is C28H41NO2. The highest BCUT2D eigenvalue weighted by molar-refractivity contribution is 5.83. The number of hydrogen-bond acceptors (Lipinski definition) is 3. The van der Waals surface area contributed by atoms with E-state index in [1.807, 2.05) is 19.1 Å². The SMILES string of the molecule is Cc1ccc(O)c(C=NC[C@@]2(O)CCC3[C@@H]4CCC5CCCC[C@]5(C)C4CC[C@@]32C)c1. The predicted octanol–water partition coefficient (Wildman–Crippen LogP) is 6.28. The maximum absolute atomic E-state index is 11.9. The molecule has 0 radical (unpaired) electrons. The molecule has 170 valence electrons. The maximum Gasteiger partial charge on any atom is 0.124 e. The highest BCUT2D eigenvalue weighted by atomic mass is 16.3. The van der Waals surface area contributed by atoms with Gasteiger partial charge in [-0.1, -0.05) is 38.3 Å². The Morgan fingerprint density at radius 3 is 2.65 bits per heavy atom. The summed E-state index contributed by atoms with van der Waals surface area (Å²) in [6, 6.07) is 5.58. The summed E-state index contributed by atoms with van der Waals surface area (Å²) in [5.41, 5.74) is 1.65. The summed E-state index contributed by atoms with van der Waals surface area (Å²) in [6.45, 7) is 7.46. The minimum Gasteiger partial charge on any atom is -0.507 e. The second-order valence-electron chi connectivity index (χ2n) is 12.0. The molecule has 0 aromatic heterocycles. The third-order valence-corrected chi connectivity index (χ3v) is 10.7. The Kier molecular flexibility index (Phi) is 5.28. The van der Waals surface area contributed by atoms with E-state index in [-0.39, 0.29) is 11.2 Å². The minimum atomic E-state index is -0.719. The summed E-state index contributed by atoms with van der Waals surface area (Å²) in [5.74, 6) is 3.49. The first-order valence-electron chi connectivity index (χ1n) is 12.8. The third kappa shape index (κ3) is 3.29. The van der Waals surface area contributed by atoms with Crippen molar-refractivity contribution in [3.8, 4) is 5.75 Å². The van der Waals surface area contributed by atoms with Crippen molar-refractivity contribution >= 4 is 6.21 Å². The van der Waals surface area contributed by atoms with Gasteiger partial charge in [0, 0.05) is 17.2 Å². The van der Waals surface area contributed by atoms with Crippen LogP contribution in [-0.2, 0) is 0 Å². The molecule has 7 atom stereocenters. The Morgan fingerprint density at radius 1 is 1.00 bits per heavy atom. The monoisotopic (exact) mass is 423 g/mol. The van der Waals surface area contributed by atoms with Crippen LogP contribution >= 0.6 is 0 Å². The van der Waals surface area contributed by atoms with E-state index in [9.17, 15) is 10.2 Å². The summed E-state index contributed by atoms with van der Waals surface area (Å²) in [5, 5.41) is 22.0. The first kappa shape index (κ1) is 21.5. The fourth-order valence-electron chi connectivity index (χ4n) is 8.74. The van der Waals surface area contributed by atoms with Crippen molar-refractivity contribution in [1.82, 2.24) is 0 Å². The van der Waals surface area contributed by atoms with E-state index >= 15 is 0 Å². The van der Waals surface area contributed by atoms with Crippen LogP contribution in [0.2, 0.25) is 0 Å². The van der Waals surface area contributed by atoms with Crippen molar-refractivity contribution in [2.75, 3.05) is 6.54 Å². The Hall–Kier alpha value is -1.35. The van der Waals surface area contributed by atoms with E-state index in [1.54, 1.807) is 12.3 Å². The molecule has 1 aromatic rings. The number of nitrogens with zero attached hydrogens (tertiary/aromatic N) is 1. The van der Waals surface area contributed by atoms with Gasteiger partial charge in [-0.2, -0.15) is 0 Å². The largest absolute Gasteiger partial charge is 0.507 e. The lowest BCUT2D eigenvalue weighted by molar-refractivity contribution is -0.147. The molecule has 0 saturated heterocycles. The Bertz CT molecular complexity index is 865. The minimum absolute atomic E-state index is 0.0297. The van der Waals surface area contributed by atoms with Gasteiger partial charge in [-0.25, -0.2) is 0 Å². The molecule has 0 aliphatic heterocycles. The number of fused-ring (bicyclic) bond motifs is 5. The van der Waals surface area contributed by atoms with E-state index in [0.29, 0.717) is 17.9 Å². The van der Waals surface area contributed by atoms with Crippen molar-refractivity contribution in [3.05, 3.63) is 29.3 Å². The summed E-state index contributed by atoms with van der Waals surface area (Å²) >= 11 is 0. The van der Waals surface area contributed by atoms with E-state index in [0.717, 1.165) is 48.1 Å². The Labute approximate surface area is 188 Å². The van der Waals surface area contributed by atoms with Crippen LogP contribution in [-0.4, -0.2) is 28.6 Å². The van der Waals surface area contributed by atoms with Gasteiger partial charge >= 0.3 is 0 Å². The molecule has 4 fully saturated rings. The molecule has 0 heterocycles. The molecule has 0 amide bonds. The quantitative estimate of drug-likeness (QED) is 0.562. The van der Waals surface area contributed by atoms with Gasteiger partial charge in [0.2, 0.25) is 0 Å². The predicted molar refractivity (Wildman–Crippen MR) is 127 cm³/mol. The lowest BCUT2D eigenvalue weighted by Crippen LogP contribution is -2.56. The van der Waals surface area contributed by atoms with E-state index in [2.05, 4.69) is 18.8 Å². The topological polar surface area (TPSA) is 52.8 Å². The van der Waals surface area contributed by atoms with Crippen LogP contribution in [0.5, 0.6) is 5.75 Å².